The minimum atomic E-state index is -1.21. The Morgan fingerprint density at radius 2 is 2.16 bits per heavy atom. The maximum Gasteiger partial charge on any atom is 0.327 e. The number of carbonyl (C=O) groups is 2. The number of fused-ring (bicyclic) bond motifs is 1. The van der Waals surface area contributed by atoms with Gasteiger partial charge in [-0.05, 0) is 13.8 Å². The molecule has 0 aromatic rings. The smallest absolute Gasteiger partial charge is 0.327 e. The Morgan fingerprint density at radius 1 is 1.53 bits per heavy atom. The second kappa shape index (κ2) is 4.56. The fraction of sp³-hybridized carbons (Fsp3) is 0.800. The number of amides is 1. The Hall–Kier alpha value is -0.400. The minimum Gasteiger partial charge on any atom is -0.480 e. The first kappa shape index (κ1) is 13.6. The molecular formula is C10H15N2O5PS. The van der Waals surface area contributed by atoms with Crippen molar-refractivity contribution in [3.8, 4) is 0 Å². The van der Waals surface area contributed by atoms with Crippen LogP contribution in [0.25, 0.3) is 0 Å². The first-order valence-electron chi connectivity index (χ1n) is 5.97. The number of hydrogen-bond acceptors (Lipinski definition) is 6. The summed E-state index contributed by atoms with van der Waals surface area (Å²) in [5, 5.41) is 12.2. The first-order valence-corrected chi connectivity index (χ1v) is 8.02. The monoisotopic (exact) mass is 306 g/mol. The van der Waals surface area contributed by atoms with Gasteiger partial charge in [0, 0.05) is 4.75 Å². The van der Waals surface area contributed by atoms with Crippen molar-refractivity contribution in [2.24, 2.45) is 0 Å². The molecule has 3 saturated heterocycles. The molecular weight excluding hydrogens is 291 g/mol. The number of aliphatic carboxylic acids is 1. The third-order valence-electron chi connectivity index (χ3n) is 3.42. The van der Waals surface area contributed by atoms with E-state index in [2.05, 4.69) is 5.09 Å². The quantitative estimate of drug-likeness (QED) is 0.575. The molecule has 0 unspecified atom stereocenters. The molecule has 0 aromatic carbocycles. The number of nitrogens with zero attached hydrogens (tertiary/aromatic N) is 1. The number of rotatable bonds is 3. The van der Waals surface area contributed by atoms with Crippen molar-refractivity contribution in [2.75, 3.05) is 13.2 Å². The van der Waals surface area contributed by atoms with Gasteiger partial charge >= 0.3 is 5.97 Å². The van der Waals surface area contributed by atoms with Crippen molar-refractivity contribution in [2.45, 2.75) is 36.1 Å². The molecule has 3 atom stereocenters. The predicted octanol–water partition coefficient (Wildman–Crippen LogP) is 0.365. The molecule has 3 heterocycles. The third-order valence-corrected chi connectivity index (χ3v) is 6.31. The average Bonchev–Trinajstić information content (AvgIpc) is 2.90. The molecule has 3 aliphatic rings. The van der Waals surface area contributed by atoms with E-state index in [4.69, 9.17) is 9.05 Å². The SMILES string of the molecule is CC1(C)S[C@@H]2[C@H](NP3OCCO3)C(=O)N2[C@H]1C(=O)O. The van der Waals surface area contributed by atoms with Gasteiger partial charge in [0.05, 0.1) is 13.2 Å². The van der Waals surface area contributed by atoms with Crippen molar-refractivity contribution in [3.63, 3.8) is 0 Å². The number of nitrogens with one attached hydrogen (secondary N) is 1. The van der Waals surface area contributed by atoms with Crippen LogP contribution in [0.4, 0.5) is 0 Å². The number of carbonyl (C=O) groups excluding carboxylic acids is 1. The molecule has 0 spiro atoms. The third kappa shape index (κ3) is 2.06. The average molecular weight is 306 g/mol. The van der Waals surface area contributed by atoms with Crippen molar-refractivity contribution in [3.05, 3.63) is 0 Å². The van der Waals surface area contributed by atoms with E-state index in [0.29, 0.717) is 13.2 Å². The number of β-lactam (4-membered cyclic amide) rings is 1. The normalized spacial score (nSPS) is 37.3. The van der Waals surface area contributed by atoms with E-state index >= 15 is 0 Å². The Kier molecular flexibility index (Phi) is 3.26. The standard InChI is InChI=1S/C10H15N2O5PS/c1-10(2)6(9(14)15)12-7(13)5(8(12)19-10)11-18-16-3-4-17-18/h5-6,8,11H,3-4H2,1-2H3,(H,14,15)/t5-,6+,8-/m1/s1. The summed E-state index contributed by atoms with van der Waals surface area (Å²) in [4.78, 5) is 24.9. The zero-order valence-corrected chi connectivity index (χ0v) is 12.2. The summed E-state index contributed by atoms with van der Waals surface area (Å²) in [5.74, 6) is -1.14. The molecule has 0 radical (unpaired) electrons. The van der Waals surface area contributed by atoms with Crippen LogP contribution in [-0.2, 0) is 18.6 Å². The number of carboxylic acids is 1. The van der Waals surface area contributed by atoms with Gasteiger partial charge in [-0.2, -0.15) is 0 Å². The maximum atomic E-state index is 12.1. The molecule has 0 aromatic heterocycles. The lowest BCUT2D eigenvalue weighted by Gasteiger charge is -2.44. The van der Waals surface area contributed by atoms with E-state index in [-0.39, 0.29) is 11.3 Å². The van der Waals surface area contributed by atoms with E-state index in [0.717, 1.165) is 0 Å². The summed E-state index contributed by atoms with van der Waals surface area (Å²) in [6, 6.07) is -1.18. The highest BCUT2D eigenvalue weighted by Crippen LogP contribution is 2.52. The zero-order valence-electron chi connectivity index (χ0n) is 10.5. The fourth-order valence-corrected chi connectivity index (χ4v) is 5.51. The Bertz CT molecular complexity index is 428. The van der Waals surface area contributed by atoms with Crippen LogP contribution in [0.1, 0.15) is 13.8 Å². The maximum absolute atomic E-state index is 12.1. The minimum absolute atomic E-state index is 0.154. The van der Waals surface area contributed by atoms with Crippen LogP contribution in [0.5, 0.6) is 0 Å². The summed E-state index contributed by atoms with van der Waals surface area (Å²) in [6.45, 7) is 4.77. The molecule has 3 rings (SSSR count). The molecule has 0 aliphatic carbocycles. The topological polar surface area (TPSA) is 88.1 Å². The van der Waals surface area contributed by atoms with Gasteiger partial charge in [-0.15, -0.1) is 11.8 Å². The van der Waals surface area contributed by atoms with E-state index in [9.17, 15) is 14.7 Å². The van der Waals surface area contributed by atoms with Crippen LogP contribution >= 0.6 is 20.3 Å². The van der Waals surface area contributed by atoms with Crippen LogP contribution < -0.4 is 5.09 Å². The molecule has 0 bridgehead atoms. The zero-order chi connectivity index (χ0) is 13.8. The molecule has 106 valence electrons. The van der Waals surface area contributed by atoms with Crippen molar-refractivity contribution >= 4 is 32.2 Å². The van der Waals surface area contributed by atoms with Crippen LogP contribution in [0.2, 0.25) is 0 Å². The van der Waals surface area contributed by atoms with Gasteiger partial charge in [0.2, 0.25) is 5.91 Å². The highest BCUT2D eigenvalue weighted by molar-refractivity contribution is 8.01. The highest BCUT2D eigenvalue weighted by Gasteiger charge is 2.64. The Balaban J connectivity index is 1.73. The summed E-state index contributed by atoms with van der Waals surface area (Å²) < 4.78 is 10.1. The molecule has 9 heteroatoms. The van der Waals surface area contributed by atoms with Crippen molar-refractivity contribution < 1.29 is 23.7 Å². The van der Waals surface area contributed by atoms with Crippen molar-refractivity contribution in [1.82, 2.24) is 9.99 Å². The van der Waals surface area contributed by atoms with Gasteiger partial charge < -0.3 is 19.1 Å². The van der Waals surface area contributed by atoms with Crippen molar-refractivity contribution in [1.29, 1.82) is 0 Å². The van der Waals surface area contributed by atoms with Gasteiger partial charge in [-0.25, -0.2) is 9.88 Å². The lowest BCUT2D eigenvalue weighted by atomic mass is 9.96. The summed E-state index contributed by atoms with van der Waals surface area (Å²) in [7, 11) is -1.21. The molecule has 0 saturated carbocycles. The fourth-order valence-electron chi connectivity index (χ4n) is 2.60. The van der Waals surface area contributed by atoms with Gasteiger partial charge in [-0.3, -0.25) is 4.79 Å². The van der Waals surface area contributed by atoms with Gasteiger partial charge in [0.15, 0.2) is 0 Å². The summed E-state index contributed by atoms with van der Waals surface area (Å²) in [5.41, 5.74) is 0. The molecule has 3 fully saturated rings. The molecule has 3 aliphatic heterocycles. The molecule has 19 heavy (non-hydrogen) atoms. The molecule has 2 N–H and O–H groups in total. The second-order valence-corrected chi connectivity index (χ2v) is 8.19. The van der Waals surface area contributed by atoms with Crippen LogP contribution in [0.15, 0.2) is 0 Å². The molecule has 7 nitrogen and oxygen atoms in total. The number of carboxylic acid groups (broad SMARTS) is 1. The number of hydrogen-bond donors (Lipinski definition) is 2. The van der Waals surface area contributed by atoms with Gasteiger partial charge in [-0.1, -0.05) is 0 Å². The van der Waals surface area contributed by atoms with E-state index in [1.807, 2.05) is 13.8 Å². The van der Waals surface area contributed by atoms with Gasteiger partial charge in [0.25, 0.3) is 8.53 Å². The largest absolute Gasteiger partial charge is 0.480 e. The summed E-state index contributed by atoms with van der Waals surface area (Å²) >= 11 is 1.51. The van der Waals surface area contributed by atoms with E-state index < -0.39 is 31.3 Å². The Morgan fingerprint density at radius 3 is 2.74 bits per heavy atom. The van der Waals surface area contributed by atoms with E-state index in [1.54, 1.807) is 0 Å². The van der Waals surface area contributed by atoms with E-state index in [1.165, 1.54) is 16.7 Å². The highest BCUT2D eigenvalue weighted by atomic mass is 32.2. The Labute approximate surface area is 116 Å². The number of thioether (sulfide) groups is 1. The predicted molar refractivity (Wildman–Crippen MR) is 69.5 cm³/mol. The summed E-state index contributed by atoms with van der Waals surface area (Å²) in [6.07, 6.45) is 0. The first-order chi connectivity index (χ1) is 8.92. The molecule has 1 amide bonds. The second-order valence-electron chi connectivity index (χ2n) is 5.13. The lowest BCUT2D eigenvalue weighted by Crippen LogP contribution is -2.69. The van der Waals surface area contributed by atoms with Crippen LogP contribution in [0, 0.1) is 0 Å². The van der Waals surface area contributed by atoms with Crippen LogP contribution in [-0.4, -0.2) is 57.3 Å². The van der Waals surface area contributed by atoms with Crippen LogP contribution in [0.3, 0.4) is 0 Å². The lowest BCUT2D eigenvalue weighted by molar-refractivity contribution is -0.159. The van der Waals surface area contributed by atoms with Gasteiger partial charge in [0.1, 0.15) is 17.5 Å².